The monoisotopic (exact) mass is 290 g/mol. The summed E-state index contributed by atoms with van der Waals surface area (Å²) in [5, 5.41) is 6.52. The van der Waals surface area contributed by atoms with Crippen molar-refractivity contribution in [2.24, 2.45) is 0 Å². The molecule has 1 aromatic carbocycles. The van der Waals surface area contributed by atoms with Crippen molar-refractivity contribution >= 4 is 17.5 Å². The Morgan fingerprint density at radius 1 is 1.35 bits per heavy atom. The molecule has 4 nitrogen and oxygen atoms in total. The van der Waals surface area contributed by atoms with Gasteiger partial charge in [0.2, 0.25) is 5.76 Å². The van der Waals surface area contributed by atoms with Gasteiger partial charge in [-0.15, -0.1) is 11.6 Å². The Morgan fingerprint density at radius 3 is 2.95 bits per heavy atom. The molecule has 0 saturated heterocycles. The van der Waals surface area contributed by atoms with Crippen molar-refractivity contribution in [2.45, 2.75) is 25.3 Å². The van der Waals surface area contributed by atoms with E-state index in [4.69, 9.17) is 16.1 Å². The second-order valence-electron chi connectivity index (χ2n) is 5.00. The molecule has 1 aromatic heterocycles. The Labute approximate surface area is 122 Å². The van der Waals surface area contributed by atoms with Gasteiger partial charge >= 0.3 is 0 Å². The van der Waals surface area contributed by atoms with Crippen molar-refractivity contribution < 1.29 is 9.32 Å². The number of aromatic nitrogens is 1. The van der Waals surface area contributed by atoms with Gasteiger partial charge in [0.05, 0.1) is 6.20 Å². The van der Waals surface area contributed by atoms with Crippen LogP contribution in [0.15, 0.2) is 35.0 Å². The summed E-state index contributed by atoms with van der Waals surface area (Å²) in [7, 11) is 0. The lowest BCUT2D eigenvalue weighted by molar-refractivity contribution is 0.0901. The highest BCUT2D eigenvalue weighted by molar-refractivity contribution is 6.17. The fraction of sp³-hybridized carbons (Fsp3) is 0.333. The highest BCUT2D eigenvalue weighted by atomic mass is 35.5. The summed E-state index contributed by atoms with van der Waals surface area (Å²) in [5.74, 6) is 0.676. The summed E-state index contributed by atoms with van der Waals surface area (Å²) in [5.41, 5.74) is 3.85. The van der Waals surface area contributed by atoms with E-state index in [9.17, 15) is 4.79 Å². The lowest BCUT2D eigenvalue weighted by atomic mass is 10.1. The Hall–Kier alpha value is -1.81. The Morgan fingerprint density at radius 2 is 2.20 bits per heavy atom. The molecule has 1 aliphatic rings. The molecule has 20 heavy (non-hydrogen) atoms. The van der Waals surface area contributed by atoms with Crippen LogP contribution in [0.5, 0.6) is 0 Å². The van der Waals surface area contributed by atoms with E-state index in [-0.39, 0.29) is 17.7 Å². The average molecular weight is 291 g/mol. The van der Waals surface area contributed by atoms with Crippen LogP contribution in [0.2, 0.25) is 0 Å². The lowest BCUT2D eigenvalue weighted by Gasteiger charge is -2.09. The van der Waals surface area contributed by atoms with Crippen molar-refractivity contribution in [3.63, 3.8) is 0 Å². The molecule has 0 radical (unpaired) electrons. The zero-order valence-corrected chi connectivity index (χ0v) is 11.7. The number of aryl methyl sites for hydroxylation is 1. The van der Waals surface area contributed by atoms with Crippen molar-refractivity contribution in [3.05, 3.63) is 52.9 Å². The predicted octanol–water partition coefficient (Wildman–Crippen LogP) is 2.35. The van der Waals surface area contributed by atoms with Crippen LogP contribution >= 0.6 is 11.6 Å². The molecular weight excluding hydrogens is 276 g/mol. The van der Waals surface area contributed by atoms with Gasteiger partial charge in [-0.05, 0) is 36.0 Å². The maximum absolute atomic E-state index is 11.9. The number of nitrogens with zero attached hydrogens (tertiary/aromatic N) is 1. The average Bonchev–Trinajstić information content (AvgIpc) is 3.06. The third kappa shape index (κ3) is 2.70. The van der Waals surface area contributed by atoms with Crippen LogP contribution in [0.25, 0.3) is 0 Å². The minimum atomic E-state index is -0.207. The van der Waals surface area contributed by atoms with Gasteiger partial charge in [0, 0.05) is 18.0 Å². The van der Waals surface area contributed by atoms with Crippen LogP contribution in [0.1, 0.15) is 27.2 Å². The molecule has 1 aliphatic carbocycles. The number of benzene rings is 1. The van der Waals surface area contributed by atoms with E-state index >= 15 is 0 Å². The molecule has 1 atom stereocenters. The number of amides is 1. The first-order chi connectivity index (χ1) is 9.76. The molecule has 0 unspecified atom stereocenters. The summed E-state index contributed by atoms with van der Waals surface area (Å²) in [4.78, 5) is 11.9. The predicted molar refractivity (Wildman–Crippen MR) is 76.0 cm³/mol. The van der Waals surface area contributed by atoms with Gasteiger partial charge in [-0.2, -0.15) is 0 Å². The lowest BCUT2D eigenvalue weighted by Crippen LogP contribution is -2.35. The van der Waals surface area contributed by atoms with Gasteiger partial charge in [0.25, 0.3) is 5.91 Å². The number of hydrogen-bond acceptors (Lipinski definition) is 3. The number of fused-ring (bicyclic) bond motifs is 1. The first kappa shape index (κ1) is 13.2. The number of hydrogen-bond donors (Lipinski definition) is 1. The molecule has 0 fully saturated rings. The summed E-state index contributed by atoms with van der Waals surface area (Å²) in [6.45, 7) is 0. The van der Waals surface area contributed by atoms with Crippen LogP contribution in [0.3, 0.4) is 0 Å². The fourth-order valence-corrected chi connectivity index (χ4v) is 2.85. The minimum absolute atomic E-state index is 0.119. The molecule has 3 rings (SSSR count). The van der Waals surface area contributed by atoms with Gasteiger partial charge < -0.3 is 9.84 Å². The van der Waals surface area contributed by atoms with E-state index in [2.05, 4.69) is 28.7 Å². The molecule has 1 amide bonds. The number of halogens is 1. The van der Waals surface area contributed by atoms with E-state index in [0.717, 1.165) is 19.3 Å². The smallest absolute Gasteiger partial charge is 0.290 e. The van der Waals surface area contributed by atoms with Crippen LogP contribution in [-0.4, -0.2) is 23.0 Å². The quantitative estimate of drug-likeness (QED) is 0.880. The molecule has 104 valence electrons. The number of carbonyl (C=O) groups is 1. The molecule has 0 spiro atoms. The van der Waals surface area contributed by atoms with Gasteiger partial charge in [-0.25, -0.2) is 0 Å². The standard InChI is InChI=1S/C15H15ClN2O2/c16-5-3-10-1-2-11-8-13(9-12(11)7-10)18-15(19)14-4-6-17-20-14/h1-2,4,6-7,13H,3,5,8-9H2,(H,18,19)/t13-/m0/s1. The van der Waals surface area contributed by atoms with Crippen LogP contribution in [0, 0.1) is 0 Å². The summed E-state index contributed by atoms with van der Waals surface area (Å²) < 4.78 is 4.86. The normalized spacial score (nSPS) is 16.9. The van der Waals surface area contributed by atoms with Gasteiger partial charge in [-0.3, -0.25) is 4.79 Å². The van der Waals surface area contributed by atoms with Gasteiger partial charge in [0.1, 0.15) is 0 Å². The van der Waals surface area contributed by atoms with Crippen molar-refractivity contribution in [3.8, 4) is 0 Å². The first-order valence-electron chi connectivity index (χ1n) is 6.64. The second-order valence-corrected chi connectivity index (χ2v) is 5.38. The Bertz CT molecular complexity index is 610. The number of nitrogens with one attached hydrogen (secondary N) is 1. The summed E-state index contributed by atoms with van der Waals surface area (Å²) >= 11 is 5.77. The van der Waals surface area contributed by atoms with Crippen molar-refractivity contribution in [2.75, 3.05) is 5.88 Å². The van der Waals surface area contributed by atoms with Gasteiger partial charge in [0.15, 0.2) is 0 Å². The highest BCUT2D eigenvalue weighted by Gasteiger charge is 2.24. The Balaban J connectivity index is 1.66. The molecule has 0 aliphatic heterocycles. The maximum atomic E-state index is 11.9. The molecular formula is C15H15ClN2O2. The molecule has 0 saturated carbocycles. The molecule has 1 N–H and O–H groups in total. The molecule has 0 bridgehead atoms. The first-order valence-corrected chi connectivity index (χ1v) is 7.18. The van der Waals surface area contributed by atoms with E-state index < -0.39 is 0 Å². The van der Waals surface area contributed by atoms with E-state index in [1.54, 1.807) is 6.07 Å². The molecule has 5 heteroatoms. The van der Waals surface area contributed by atoms with Crippen LogP contribution in [0.4, 0.5) is 0 Å². The molecule has 1 heterocycles. The Kier molecular flexibility index (Phi) is 3.74. The number of alkyl halides is 1. The van der Waals surface area contributed by atoms with Gasteiger partial charge in [-0.1, -0.05) is 23.4 Å². The zero-order valence-electron chi connectivity index (χ0n) is 10.9. The van der Waals surface area contributed by atoms with E-state index in [1.165, 1.54) is 22.9 Å². The SMILES string of the molecule is O=C(N[C@H]1Cc2ccc(CCCl)cc2C1)c1ccno1. The molecule has 2 aromatic rings. The van der Waals surface area contributed by atoms with E-state index in [0.29, 0.717) is 5.88 Å². The third-order valence-electron chi connectivity index (χ3n) is 3.58. The fourth-order valence-electron chi connectivity index (χ4n) is 2.63. The highest BCUT2D eigenvalue weighted by Crippen LogP contribution is 2.24. The van der Waals surface area contributed by atoms with Crippen molar-refractivity contribution in [1.29, 1.82) is 0 Å². The summed E-state index contributed by atoms with van der Waals surface area (Å²) in [6, 6.07) is 8.13. The minimum Gasteiger partial charge on any atom is -0.351 e. The van der Waals surface area contributed by atoms with Crippen LogP contribution in [-0.2, 0) is 19.3 Å². The maximum Gasteiger partial charge on any atom is 0.290 e. The van der Waals surface area contributed by atoms with E-state index in [1.807, 2.05) is 0 Å². The van der Waals surface area contributed by atoms with Crippen molar-refractivity contribution in [1.82, 2.24) is 10.5 Å². The summed E-state index contributed by atoms with van der Waals surface area (Å²) in [6.07, 6.45) is 4.06. The number of rotatable bonds is 4. The second kappa shape index (κ2) is 5.67. The third-order valence-corrected chi connectivity index (χ3v) is 3.77. The largest absolute Gasteiger partial charge is 0.351 e. The zero-order chi connectivity index (χ0) is 13.9. The number of carbonyl (C=O) groups excluding carboxylic acids is 1. The topological polar surface area (TPSA) is 55.1 Å². The van der Waals surface area contributed by atoms with Crippen LogP contribution < -0.4 is 5.32 Å².